The molecule has 3 heterocycles. The van der Waals surface area contributed by atoms with Crippen LogP contribution < -0.4 is 0 Å². The highest BCUT2D eigenvalue weighted by Gasteiger charge is 2.33. The summed E-state index contributed by atoms with van der Waals surface area (Å²) in [6.07, 6.45) is 11.5. The maximum Gasteiger partial charge on any atom is 0.0342 e. The van der Waals surface area contributed by atoms with E-state index in [1.54, 1.807) is 0 Å². The van der Waals surface area contributed by atoms with Crippen molar-refractivity contribution in [3.05, 3.63) is 72.1 Å². The van der Waals surface area contributed by atoms with Gasteiger partial charge in [-0.1, -0.05) is 48.9 Å². The molecule has 0 spiro atoms. The van der Waals surface area contributed by atoms with Crippen molar-refractivity contribution in [1.29, 1.82) is 0 Å². The van der Waals surface area contributed by atoms with E-state index in [1.165, 1.54) is 36.0 Å². The van der Waals surface area contributed by atoms with Crippen LogP contribution in [0.3, 0.4) is 0 Å². The van der Waals surface area contributed by atoms with Gasteiger partial charge in [0.1, 0.15) is 0 Å². The Morgan fingerprint density at radius 1 is 1.05 bits per heavy atom. The second kappa shape index (κ2) is 6.05. The van der Waals surface area contributed by atoms with E-state index in [4.69, 9.17) is 0 Å². The van der Waals surface area contributed by atoms with E-state index < -0.39 is 0 Å². The Morgan fingerprint density at radius 3 is 2.73 bits per heavy atom. The van der Waals surface area contributed by atoms with Gasteiger partial charge in [0.05, 0.1) is 0 Å². The van der Waals surface area contributed by atoms with Gasteiger partial charge in [-0.05, 0) is 42.0 Å². The minimum atomic E-state index is 0.586. The first-order valence-corrected chi connectivity index (χ1v) is 8.31. The molecule has 22 heavy (non-hydrogen) atoms. The molecule has 2 atom stereocenters. The van der Waals surface area contributed by atoms with Gasteiger partial charge in [-0.3, -0.25) is 9.88 Å². The molecule has 112 valence electrons. The first kappa shape index (κ1) is 13.7. The van der Waals surface area contributed by atoms with Crippen molar-refractivity contribution < 1.29 is 0 Å². The standard InChI is InChI=1S/C20H22N2/c1-2-6-16(7-3-1)15-22-19-9-4-10-20(22)13-18(12-19)17-8-5-11-21-14-17/h1-3,5-8,11-12,14,19-20H,4,9-10,13,15H2/t19?,20-/m1/s1. The lowest BCUT2D eigenvalue weighted by molar-refractivity contribution is 0.0951. The van der Waals surface area contributed by atoms with Gasteiger partial charge in [0.15, 0.2) is 0 Å². The Morgan fingerprint density at radius 2 is 1.95 bits per heavy atom. The smallest absolute Gasteiger partial charge is 0.0342 e. The van der Waals surface area contributed by atoms with Crippen molar-refractivity contribution in [2.24, 2.45) is 0 Å². The zero-order valence-electron chi connectivity index (χ0n) is 12.9. The fourth-order valence-corrected chi connectivity index (χ4v) is 3.92. The number of aromatic nitrogens is 1. The van der Waals surface area contributed by atoms with Gasteiger partial charge in [-0.15, -0.1) is 0 Å². The Labute approximate surface area is 132 Å². The minimum absolute atomic E-state index is 0.586. The van der Waals surface area contributed by atoms with Crippen LogP contribution in [-0.2, 0) is 6.54 Å². The number of pyridine rings is 1. The first-order valence-electron chi connectivity index (χ1n) is 8.31. The van der Waals surface area contributed by atoms with E-state index in [0.717, 1.165) is 13.0 Å². The van der Waals surface area contributed by atoms with Crippen molar-refractivity contribution in [2.75, 3.05) is 0 Å². The summed E-state index contributed by atoms with van der Waals surface area (Å²) in [6, 6.07) is 16.4. The van der Waals surface area contributed by atoms with E-state index >= 15 is 0 Å². The molecule has 2 aliphatic rings. The summed E-state index contributed by atoms with van der Waals surface area (Å²) in [5.41, 5.74) is 4.23. The third-order valence-corrected chi connectivity index (χ3v) is 5.02. The molecule has 2 heteroatoms. The molecule has 1 aromatic heterocycles. The van der Waals surface area contributed by atoms with Crippen molar-refractivity contribution in [3.8, 4) is 0 Å². The lowest BCUT2D eigenvalue weighted by Gasteiger charge is -2.45. The average molecular weight is 290 g/mol. The maximum absolute atomic E-state index is 4.29. The topological polar surface area (TPSA) is 16.1 Å². The summed E-state index contributed by atoms with van der Waals surface area (Å²) in [5, 5.41) is 0. The van der Waals surface area contributed by atoms with E-state index in [9.17, 15) is 0 Å². The molecule has 0 saturated carbocycles. The number of piperidine rings is 1. The van der Waals surface area contributed by atoms with Crippen LogP contribution in [-0.4, -0.2) is 22.0 Å². The van der Waals surface area contributed by atoms with Crippen LogP contribution in [0.15, 0.2) is 60.9 Å². The van der Waals surface area contributed by atoms with Crippen molar-refractivity contribution in [2.45, 2.75) is 44.3 Å². The summed E-state index contributed by atoms with van der Waals surface area (Å²) in [5.74, 6) is 0. The van der Waals surface area contributed by atoms with Gasteiger partial charge < -0.3 is 0 Å². The Bertz CT molecular complexity index is 648. The molecule has 1 aromatic carbocycles. The summed E-state index contributed by atoms with van der Waals surface area (Å²) < 4.78 is 0. The van der Waals surface area contributed by atoms with Crippen molar-refractivity contribution in [3.63, 3.8) is 0 Å². The molecule has 1 fully saturated rings. The molecule has 2 bridgehead atoms. The van der Waals surface area contributed by atoms with Gasteiger partial charge in [0, 0.05) is 31.0 Å². The first-order chi connectivity index (χ1) is 10.9. The third kappa shape index (κ3) is 2.71. The number of hydrogen-bond acceptors (Lipinski definition) is 2. The van der Waals surface area contributed by atoms with Crippen LogP contribution in [0.5, 0.6) is 0 Å². The van der Waals surface area contributed by atoms with E-state index in [1.807, 2.05) is 18.5 Å². The van der Waals surface area contributed by atoms with E-state index in [-0.39, 0.29) is 0 Å². The largest absolute Gasteiger partial charge is 0.289 e. The average Bonchev–Trinajstić information content (AvgIpc) is 2.56. The Balaban J connectivity index is 1.60. The number of fused-ring (bicyclic) bond motifs is 2. The van der Waals surface area contributed by atoms with Gasteiger partial charge in [0.25, 0.3) is 0 Å². The molecule has 2 aromatic rings. The monoisotopic (exact) mass is 290 g/mol. The fourth-order valence-electron chi connectivity index (χ4n) is 3.92. The Hall–Kier alpha value is -1.93. The highest BCUT2D eigenvalue weighted by molar-refractivity contribution is 5.67. The predicted molar refractivity (Wildman–Crippen MR) is 90.2 cm³/mol. The van der Waals surface area contributed by atoms with E-state index in [2.05, 4.69) is 52.4 Å². The van der Waals surface area contributed by atoms with Crippen molar-refractivity contribution >= 4 is 5.57 Å². The molecular formula is C20H22N2. The molecule has 2 aliphatic heterocycles. The minimum Gasteiger partial charge on any atom is -0.289 e. The fraction of sp³-hybridized carbons (Fsp3) is 0.350. The second-order valence-electron chi connectivity index (χ2n) is 6.45. The molecule has 1 unspecified atom stereocenters. The highest BCUT2D eigenvalue weighted by atomic mass is 15.2. The zero-order valence-corrected chi connectivity index (χ0v) is 12.9. The van der Waals surface area contributed by atoms with Gasteiger partial charge in [0.2, 0.25) is 0 Å². The van der Waals surface area contributed by atoms with Gasteiger partial charge in [-0.25, -0.2) is 0 Å². The molecule has 0 N–H and O–H groups in total. The number of hydrogen-bond donors (Lipinski definition) is 0. The van der Waals surface area contributed by atoms with Crippen LogP contribution in [0.4, 0.5) is 0 Å². The lowest BCUT2D eigenvalue weighted by Crippen LogP contribution is -2.47. The summed E-state index contributed by atoms with van der Waals surface area (Å²) in [7, 11) is 0. The molecular weight excluding hydrogens is 268 g/mol. The van der Waals surface area contributed by atoms with Crippen LogP contribution in [0.25, 0.3) is 5.57 Å². The predicted octanol–water partition coefficient (Wildman–Crippen LogP) is 4.29. The maximum atomic E-state index is 4.29. The number of nitrogens with zero attached hydrogens (tertiary/aromatic N) is 2. The SMILES string of the molecule is C1=C(c2cccnc2)C[C@H]2CCCC1N2Cc1ccccc1. The highest BCUT2D eigenvalue weighted by Crippen LogP contribution is 2.37. The van der Waals surface area contributed by atoms with Gasteiger partial charge >= 0.3 is 0 Å². The summed E-state index contributed by atoms with van der Waals surface area (Å²) in [4.78, 5) is 6.99. The van der Waals surface area contributed by atoms with Crippen LogP contribution in [0.1, 0.15) is 36.8 Å². The number of rotatable bonds is 3. The Kier molecular flexibility index (Phi) is 3.77. The quantitative estimate of drug-likeness (QED) is 0.838. The summed E-state index contributed by atoms with van der Waals surface area (Å²) >= 11 is 0. The lowest BCUT2D eigenvalue weighted by atomic mass is 9.83. The second-order valence-corrected chi connectivity index (χ2v) is 6.45. The van der Waals surface area contributed by atoms with Crippen LogP contribution >= 0.6 is 0 Å². The normalized spacial score (nSPS) is 24.8. The van der Waals surface area contributed by atoms with Crippen LogP contribution in [0, 0.1) is 0 Å². The molecule has 2 nitrogen and oxygen atoms in total. The number of benzene rings is 1. The molecule has 0 aliphatic carbocycles. The van der Waals surface area contributed by atoms with Crippen LogP contribution in [0.2, 0.25) is 0 Å². The molecule has 0 radical (unpaired) electrons. The molecule has 4 rings (SSSR count). The van der Waals surface area contributed by atoms with E-state index in [0.29, 0.717) is 12.1 Å². The molecule has 0 amide bonds. The van der Waals surface area contributed by atoms with Crippen molar-refractivity contribution in [1.82, 2.24) is 9.88 Å². The molecule has 1 saturated heterocycles. The summed E-state index contributed by atoms with van der Waals surface area (Å²) in [6.45, 7) is 1.08. The third-order valence-electron chi connectivity index (χ3n) is 5.02. The van der Waals surface area contributed by atoms with Gasteiger partial charge in [-0.2, -0.15) is 0 Å². The zero-order chi connectivity index (χ0) is 14.8.